The quantitative estimate of drug-likeness (QED) is 0.401. The molecule has 0 bridgehead atoms. The fourth-order valence-corrected chi connectivity index (χ4v) is 0. The van der Waals surface area contributed by atoms with E-state index >= 15 is 0 Å². The predicted molar refractivity (Wildman–Crippen MR) is 16.1 cm³/mol. The summed E-state index contributed by atoms with van der Waals surface area (Å²) in [6, 6.07) is 0. The van der Waals surface area contributed by atoms with E-state index < -0.39 is 12.1 Å². The molecule has 56 valence electrons. The van der Waals surface area contributed by atoms with Gasteiger partial charge in [-0.25, -0.2) is 0 Å². The minimum Gasteiger partial charge on any atom is -0.652 e. The van der Waals surface area contributed by atoms with Crippen LogP contribution >= 0.6 is 0 Å². The van der Waals surface area contributed by atoms with Crippen LogP contribution in [0.1, 0.15) is 6.92 Å². The summed E-state index contributed by atoms with van der Waals surface area (Å²) in [5.41, 5.74) is 0. The fourth-order valence-electron chi connectivity index (χ4n) is 0. The van der Waals surface area contributed by atoms with E-state index in [1.165, 1.54) is 0 Å². The number of hydrogen-bond acceptors (Lipinski definition) is 5. The third kappa shape index (κ3) is 320. The topological polar surface area (TPSA) is 103 Å². The molecule has 0 amide bonds. The minimum absolute atomic E-state index is 0. The smallest absolute Gasteiger partial charge is 0.652 e. The first-order valence-electron chi connectivity index (χ1n) is 1.52. The van der Waals surface area contributed by atoms with Gasteiger partial charge in [0.1, 0.15) is 0 Å². The number of rotatable bonds is 0. The van der Waals surface area contributed by atoms with Gasteiger partial charge in [-0.2, -0.15) is 0 Å². The molecular formula is C3H3CsO5Pd. The van der Waals surface area contributed by atoms with E-state index in [9.17, 15) is 0 Å². The second-order valence-electron chi connectivity index (χ2n) is 0.742. The summed E-state index contributed by atoms with van der Waals surface area (Å²) in [7, 11) is 0. The van der Waals surface area contributed by atoms with Crippen molar-refractivity contribution in [1.82, 2.24) is 0 Å². The molecule has 10 heavy (non-hydrogen) atoms. The van der Waals surface area contributed by atoms with Gasteiger partial charge >= 0.3 is 89.3 Å². The molecule has 0 aliphatic rings. The van der Waals surface area contributed by atoms with E-state index in [-0.39, 0.29) is 89.3 Å². The zero-order chi connectivity index (χ0) is 7.15. The molecule has 0 saturated heterocycles. The van der Waals surface area contributed by atoms with Gasteiger partial charge in [0.15, 0.2) is 0 Å². The van der Waals surface area contributed by atoms with Crippen LogP contribution in [0.3, 0.4) is 0 Å². The summed E-state index contributed by atoms with van der Waals surface area (Å²) in [6.45, 7) is 0.972. The molecule has 0 rings (SSSR count). The Hall–Kier alpha value is 1.45. The molecule has 7 heteroatoms. The van der Waals surface area contributed by atoms with Crippen LogP contribution in [-0.2, 0) is 25.2 Å². The molecule has 0 saturated carbocycles. The van der Waals surface area contributed by atoms with Crippen LogP contribution in [0.25, 0.3) is 0 Å². The Morgan fingerprint density at radius 2 is 1.10 bits per heavy atom. The summed E-state index contributed by atoms with van der Waals surface area (Å²) in [4.78, 5) is 17.2. The third-order valence-corrected chi connectivity index (χ3v) is 0. The van der Waals surface area contributed by atoms with Gasteiger partial charge in [0.05, 0.1) is 0 Å². The van der Waals surface area contributed by atoms with Crippen molar-refractivity contribution in [3.63, 3.8) is 0 Å². The predicted octanol–water partition coefficient (Wildman–Crippen LogP) is -6.69. The molecular weight excluding hydrogens is 355 g/mol. The largest absolute Gasteiger partial charge is 2.00 e. The van der Waals surface area contributed by atoms with Crippen molar-refractivity contribution in [2.75, 3.05) is 0 Å². The summed E-state index contributed by atoms with van der Waals surface area (Å²) in [5.74, 6) is -1.08. The van der Waals surface area contributed by atoms with Crippen molar-refractivity contribution in [3.8, 4) is 0 Å². The Bertz CT molecular complexity index is 74.9. The Balaban J connectivity index is -0.0000000300. The van der Waals surface area contributed by atoms with Crippen LogP contribution in [0, 0.1) is 0 Å². The molecule has 5 nitrogen and oxygen atoms in total. The SMILES string of the molecule is CC(=O)[O-].O=C([O-])[O-].[Cs+].[Pd+2]. The van der Waals surface area contributed by atoms with Gasteiger partial charge in [-0.15, -0.1) is 0 Å². The third-order valence-electron chi connectivity index (χ3n) is 0. The van der Waals surface area contributed by atoms with E-state index in [0.29, 0.717) is 0 Å². The average molecular weight is 358 g/mol. The zero-order valence-electron chi connectivity index (χ0n) is 5.36. The van der Waals surface area contributed by atoms with Crippen LogP contribution in [0.2, 0.25) is 0 Å². The molecule has 0 aromatic rings. The Morgan fingerprint density at radius 1 is 1.10 bits per heavy atom. The molecule has 0 heterocycles. The van der Waals surface area contributed by atoms with Crippen molar-refractivity contribution in [2.45, 2.75) is 6.92 Å². The maximum Gasteiger partial charge on any atom is 2.00 e. The summed E-state index contributed by atoms with van der Waals surface area (Å²) < 4.78 is 0. The molecule has 0 atom stereocenters. The number of carboxylic acids is 1. The Morgan fingerprint density at radius 3 is 1.10 bits per heavy atom. The minimum atomic E-state index is -2.33. The van der Waals surface area contributed by atoms with Crippen LogP contribution in [-0.4, -0.2) is 12.1 Å². The monoisotopic (exact) mass is 358 g/mol. The number of aliphatic carboxylic acids is 1. The normalized spacial score (nSPS) is 4.90. The van der Waals surface area contributed by atoms with Crippen molar-refractivity contribution >= 4 is 12.1 Å². The van der Waals surface area contributed by atoms with Gasteiger partial charge in [0.2, 0.25) is 0 Å². The van der Waals surface area contributed by atoms with Gasteiger partial charge in [0, 0.05) is 5.97 Å². The fraction of sp³-hybridized carbons (Fsp3) is 0.333. The summed E-state index contributed by atoms with van der Waals surface area (Å²) >= 11 is 0. The van der Waals surface area contributed by atoms with Crippen molar-refractivity contribution in [2.24, 2.45) is 0 Å². The summed E-state index contributed by atoms with van der Waals surface area (Å²) in [6.07, 6.45) is -2.33. The van der Waals surface area contributed by atoms with Crippen LogP contribution < -0.4 is 84.2 Å². The van der Waals surface area contributed by atoms with Gasteiger partial charge in [0.25, 0.3) is 0 Å². The Labute approximate surface area is 130 Å². The Kier molecular flexibility index (Phi) is 37.9. The van der Waals surface area contributed by atoms with Gasteiger partial charge in [-0.3, -0.25) is 0 Å². The van der Waals surface area contributed by atoms with Gasteiger partial charge in [-0.1, -0.05) is 0 Å². The molecule has 0 aromatic carbocycles. The maximum absolute atomic E-state index is 8.89. The first-order valence-corrected chi connectivity index (χ1v) is 1.52. The average Bonchev–Trinajstić information content (AvgIpc) is 1.25. The second kappa shape index (κ2) is 16.8. The van der Waals surface area contributed by atoms with E-state index in [1.807, 2.05) is 0 Å². The zero-order valence-corrected chi connectivity index (χ0v) is 13.2. The molecule has 0 radical (unpaired) electrons. The molecule has 0 unspecified atom stereocenters. The second-order valence-corrected chi connectivity index (χ2v) is 0.742. The van der Waals surface area contributed by atoms with Crippen LogP contribution in [0.5, 0.6) is 0 Å². The van der Waals surface area contributed by atoms with Crippen molar-refractivity contribution < 1.29 is 114 Å². The molecule has 0 aliphatic carbocycles. The standard InChI is InChI=1S/C2H4O2.CH2O3.Cs.Pd/c1-2(3)4;2-1(3)4;;/h1H3,(H,3,4);(H2,2,3,4);;/q;;+1;+2/p-3. The van der Waals surface area contributed by atoms with E-state index in [0.717, 1.165) is 6.92 Å². The maximum atomic E-state index is 8.89. The molecule has 0 fully saturated rings. The molecule has 0 N–H and O–H groups in total. The van der Waals surface area contributed by atoms with E-state index in [1.54, 1.807) is 0 Å². The number of carbonyl (C=O) groups is 2. The number of hydrogen-bond donors (Lipinski definition) is 0. The van der Waals surface area contributed by atoms with E-state index in [4.69, 9.17) is 24.9 Å². The van der Waals surface area contributed by atoms with Crippen molar-refractivity contribution in [1.29, 1.82) is 0 Å². The number of carbonyl (C=O) groups excluding carboxylic acids is 2. The van der Waals surface area contributed by atoms with Gasteiger partial charge in [-0.05, 0) is 13.1 Å². The first kappa shape index (κ1) is 22.5. The van der Waals surface area contributed by atoms with Crippen LogP contribution in [0.4, 0.5) is 4.79 Å². The van der Waals surface area contributed by atoms with Crippen molar-refractivity contribution in [3.05, 3.63) is 0 Å². The van der Waals surface area contributed by atoms with Crippen LogP contribution in [0.15, 0.2) is 0 Å². The molecule has 0 spiro atoms. The molecule has 0 aliphatic heterocycles. The van der Waals surface area contributed by atoms with E-state index in [2.05, 4.69) is 0 Å². The molecule has 0 aromatic heterocycles. The number of carboxylic acid groups (broad SMARTS) is 3. The van der Waals surface area contributed by atoms with Gasteiger partial charge < -0.3 is 24.9 Å². The first-order chi connectivity index (χ1) is 3.46. The summed E-state index contributed by atoms with van der Waals surface area (Å²) in [5, 5.41) is 25.6.